The number of nitrogens with zero attached hydrogens (tertiary/aromatic N) is 2. The SMILES string of the molecule is O=C(Cc1ccccc1)NCCc1nc2ccccc2n1Cc1ccc2ccccc2c1. The number of nitrogens with one attached hydrogen (secondary N) is 1. The van der Waals surface area contributed by atoms with Crippen molar-refractivity contribution in [1.82, 2.24) is 14.9 Å². The molecule has 5 aromatic rings. The van der Waals surface area contributed by atoms with Crippen molar-refractivity contribution in [2.45, 2.75) is 19.4 Å². The lowest BCUT2D eigenvalue weighted by atomic mass is 10.1. The van der Waals surface area contributed by atoms with Crippen LogP contribution in [0.4, 0.5) is 0 Å². The second kappa shape index (κ2) is 9.06. The summed E-state index contributed by atoms with van der Waals surface area (Å²) in [6, 6.07) is 33.1. The van der Waals surface area contributed by atoms with Gasteiger partial charge in [0.2, 0.25) is 5.91 Å². The Hall–Kier alpha value is -3.92. The molecular weight excluding hydrogens is 394 g/mol. The van der Waals surface area contributed by atoms with E-state index in [4.69, 9.17) is 4.98 Å². The molecular formula is C28H25N3O. The van der Waals surface area contributed by atoms with Crippen LogP contribution in [0.2, 0.25) is 0 Å². The van der Waals surface area contributed by atoms with E-state index >= 15 is 0 Å². The monoisotopic (exact) mass is 419 g/mol. The number of para-hydroxylation sites is 2. The number of carbonyl (C=O) groups is 1. The van der Waals surface area contributed by atoms with Gasteiger partial charge in [0, 0.05) is 19.5 Å². The Kier molecular flexibility index (Phi) is 5.67. The molecule has 0 spiro atoms. The van der Waals surface area contributed by atoms with Gasteiger partial charge < -0.3 is 9.88 Å². The van der Waals surface area contributed by atoms with E-state index in [-0.39, 0.29) is 5.91 Å². The van der Waals surface area contributed by atoms with Crippen LogP contribution in [-0.4, -0.2) is 22.0 Å². The smallest absolute Gasteiger partial charge is 0.224 e. The zero-order valence-electron chi connectivity index (χ0n) is 17.9. The third-order valence-electron chi connectivity index (χ3n) is 5.77. The highest BCUT2D eigenvalue weighted by Gasteiger charge is 2.12. The molecule has 0 fully saturated rings. The van der Waals surface area contributed by atoms with E-state index in [1.54, 1.807) is 0 Å². The van der Waals surface area contributed by atoms with Crippen LogP contribution in [0.5, 0.6) is 0 Å². The molecule has 0 atom stereocenters. The van der Waals surface area contributed by atoms with Crippen molar-refractivity contribution in [2.75, 3.05) is 6.54 Å². The number of fused-ring (bicyclic) bond motifs is 2. The summed E-state index contributed by atoms with van der Waals surface area (Å²) in [5, 5.41) is 5.53. The van der Waals surface area contributed by atoms with Gasteiger partial charge in [0.1, 0.15) is 5.82 Å². The third-order valence-corrected chi connectivity index (χ3v) is 5.77. The summed E-state index contributed by atoms with van der Waals surface area (Å²) in [5.74, 6) is 1.02. The molecule has 1 aromatic heterocycles. The quantitative estimate of drug-likeness (QED) is 0.397. The molecule has 32 heavy (non-hydrogen) atoms. The Balaban J connectivity index is 1.33. The lowest BCUT2D eigenvalue weighted by Crippen LogP contribution is -2.28. The zero-order valence-corrected chi connectivity index (χ0v) is 17.9. The van der Waals surface area contributed by atoms with E-state index in [9.17, 15) is 4.79 Å². The summed E-state index contributed by atoms with van der Waals surface area (Å²) in [4.78, 5) is 17.2. The fourth-order valence-corrected chi connectivity index (χ4v) is 4.17. The van der Waals surface area contributed by atoms with Crippen molar-refractivity contribution >= 4 is 27.7 Å². The van der Waals surface area contributed by atoms with Crippen LogP contribution in [0, 0.1) is 0 Å². The Bertz CT molecular complexity index is 1370. The molecule has 0 aliphatic heterocycles. The third kappa shape index (κ3) is 4.40. The van der Waals surface area contributed by atoms with Gasteiger partial charge in [0.25, 0.3) is 0 Å². The predicted molar refractivity (Wildman–Crippen MR) is 130 cm³/mol. The first kappa shape index (κ1) is 20.0. The molecule has 0 aliphatic carbocycles. The number of carbonyl (C=O) groups excluding carboxylic acids is 1. The number of amides is 1. The molecule has 0 aliphatic rings. The van der Waals surface area contributed by atoms with Gasteiger partial charge in [0.05, 0.1) is 17.5 Å². The molecule has 1 heterocycles. The summed E-state index contributed by atoms with van der Waals surface area (Å²) in [6.07, 6.45) is 1.08. The van der Waals surface area contributed by atoms with Gasteiger partial charge in [-0.1, -0.05) is 78.9 Å². The lowest BCUT2D eigenvalue weighted by Gasteiger charge is -2.11. The van der Waals surface area contributed by atoms with Crippen molar-refractivity contribution in [3.63, 3.8) is 0 Å². The fraction of sp³-hybridized carbons (Fsp3) is 0.143. The van der Waals surface area contributed by atoms with E-state index in [1.165, 1.54) is 16.3 Å². The number of benzene rings is 4. The van der Waals surface area contributed by atoms with Crippen LogP contribution in [0.1, 0.15) is 17.0 Å². The summed E-state index contributed by atoms with van der Waals surface area (Å²) in [5.41, 5.74) is 4.36. The molecule has 4 heteroatoms. The van der Waals surface area contributed by atoms with Crippen LogP contribution < -0.4 is 5.32 Å². The molecule has 0 saturated heterocycles. The van der Waals surface area contributed by atoms with Gasteiger partial charge in [0.15, 0.2) is 0 Å². The molecule has 0 bridgehead atoms. The second-order valence-corrected chi connectivity index (χ2v) is 8.05. The number of imidazole rings is 1. The van der Waals surface area contributed by atoms with Gasteiger partial charge in [-0.05, 0) is 40.1 Å². The van der Waals surface area contributed by atoms with Gasteiger partial charge in [-0.3, -0.25) is 4.79 Å². The first-order chi connectivity index (χ1) is 15.8. The number of hydrogen-bond acceptors (Lipinski definition) is 2. The zero-order chi connectivity index (χ0) is 21.8. The topological polar surface area (TPSA) is 46.9 Å². The Morgan fingerprint density at radius 2 is 1.53 bits per heavy atom. The summed E-state index contributed by atoms with van der Waals surface area (Å²) >= 11 is 0. The highest BCUT2D eigenvalue weighted by atomic mass is 16.1. The maximum Gasteiger partial charge on any atom is 0.224 e. The minimum Gasteiger partial charge on any atom is -0.355 e. The van der Waals surface area contributed by atoms with E-state index in [0.29, 0.717) is 19.4 Å². The molecule has 5 rings (SSSR count). The van der Waals surface area contributed by atoms with Crippen LogP contribution in [-0.2, 0) is 24.2 Å². The van der Waals surface area contributed by atoms with E-state index < -0.39 is 0 Å². The predicted octanol–water partition coefficient (Wildman–Crippen LogP) is 5.14. The van der Waals surface area contributed by atoms with Crippen molar-refractivity contribution < 1.29 is 4.79 Å². The molecule has 4 nitrogen and oxygen atoms in total. The largest absolute Gasteiger partial charge is 0.355 e. The summed E-state index contributed by atoms with van der Waals surface area (Å²) < 4.78 is 2.27. The van der Waals surface area contributed by atoms with E-state index in [2.05, 4.69) is 58.4 Å². The Morgan fingerprint density at radius 3 is 2.41 bits per heavy atom. The average molecular weight is 420 g/mol. The fourth-order valence-electron chi connectivity index (χ4n) is 4.17. The normalized spacial score (nSPS) is 11.1. The van der Waals surface area contributed by atoms with Gasteiger partial charge in [-0.25, -0.2) is 4.98 Å². The molecule has 4 aromatic carbocycles. The van der Waals surface area contributed by atoms with Crippen molar-refractivity contribution in [1.29, 1.82) is 0 Å². The lowest BCUT2D eigenvalue weighted by molar-refractivity contribution is -0.120. The molecule has 0 unspecified atom stereocenters. The minimum absolute atomic E-state index is 0.0355. The minimum atomic E-state index is 0.0355. The molecule has 0 radical (unpaired) electrons. The standard InChI is InChI=1S/C28H25N3O/c32-28(19-21-8-2-1-3-9-21)29-17-16-27-30-25-12-6-7-13-26(25)31(27)20-22-14-15-23-10-4-5-11-24(23)18-22/h1-15,18H,16-17,19-20H2,(H,29,32). The van der Waals surface area contributed by atoms with Gasteiger partial charge in [-0.2, -0.15) is 0 Å². The van der Waals surface area contributed by atoms with Crippen molar-refractivity contribution in [3.8, 4) is 0 Å². The maximum atomic E-state index is 12.3. The van der Waals surface area contributed by atoms with Crippen LogP contribution in [0.15, 0.2) is 97.1 Å². The maximum absolute atomic E-state index is 12.3. The van der Waals surface area contributed by atoms with Crippen LogP contribution in [0.25, 0.3) is 21.8 Å². The van der Waals surface area contributed by atoms with Crippen LogP contribution in [0.3, 0.4) is 0 Å². The number of rotatable bonds is 7. The highest BCUT2D eigenvalue weighted by molar-refractivity contribution is 5.83. The average Bonchev–Trinajstić information content (AvgIpc) is 3.17. The van der Waals surface area contributed by atoms with E-state index in [1.807, 2.05) is 48.5 Å². The second-order valence-electron chi connectivity index (χ2n) is 8.05. The van der Waals surface area contributed by atoms with Crippen molar-refractivity contribution in [2.24, 2.45) is 0 Å². The first-order valence-corrected chi connectivity index (χ1v) is 11.0. The Labute approximate surface area is 187 Å². The highest BCUT2D eigenvalue weighted by Crippen LogP contribution is 2.21. The number of hydrogen-bond donors (Lipinski definition) is 1. The van der Waals surface area contributed by atoms with Crippen LogP contribution >= 0.6 is 0 Å². The van der Waals surface area contributed by atoms with Crippen molar-refractivity contribution in [3.05, 3.63) is 114 Å². The van der Waals surface area contributed by atoms with Gasteiger partial charge in [-0.15, -0.1) is 0 Å². The van der Waals surface area contributed by atoms with E-state index in [0.717, 1.165) is 29.0 Å². The Morgan fingerprint density at radius 1 is 0.781 bits per heavy atom. The molecule has 1 N–H and O–H groups in total. The first-order valence-electron chi connectivity index (χ1n) is 11.0. The molecule has 1 amide bonds. The molecule has 158 valence electrons. The molecule has 0 saturated carbocycles. The summed E-state index contributed by atoms with van der Waals surface area (Å²) in [7, 11) is 0. The summed E-state index contributed by atoms with van der Waals surface area (Å²) in [6.45, 7) is 1.31. The van der Waals surface area contributed by atoms with Gasteiger partial charge >= 0.3 is 0 Å². The number of aromatic nitrogens is 2.